The number of carbonyl (C=O) groups excluding carboxylic acids is 2. The summed E-state index contributed by atoms with van der Waals surface area (Å²) < 4.78 is 43.4. The van der Waals surface area contributed by atoms with E-state index in [1.54, 1.807) is 30.5 Å². The number of fused-ring (bicyclic) bond motifs is 4. The summed E-state index contributed by atoms with van der Waals surface area (Å²) in [6.45, 7) is 0.415. The summed E-state index contributed by atoms with van der Waals surface area (Å²) in [6.07, 6.45) is 8.14. The number of hydrogen-bond acceptors (Lipinski definition) is 6. The minimum Gasteiger partial charge on any atom is -0.463 e. The number of benzene rings is 2. The molecular formula is C30H28F2N4O4. The molecule has 1 aliphatic carbocycles. The summed E-state index contributed by atoms with van der Waals surface area (Å²) in [5.74, 6) is -2.03. The summed E-state index contributed by atoms with van der Waals surface area (Å²) in [5.41, 5.74) is 1.81. The number of furan rings is 1. The van der Waals surface area contributed by atoms with Crippen LogP contribution in [-0.2, 0) is 16.1 Å². The largest absolute Gasteiger partial charge is 0.463 e. The van der Waals surface area contributed by atoms with Crippen LogP contribution >= 0.6 is 0 Å². The molecule has 206 valence electrons. The smallest absolute Gasteiger partial charge is 0.355 e. The van der Waals surface area contributed by atoms with Crippen molar-refractivity contribution in [1.82, 2.24) is 19.7 Å². The zero-order chi connectivity index (χ0) is 27.3. The van der Waals surface area contributed by atoms with Gasteiger partial charge in [-0.15, -0.1) is 0 Å². The van der Waals surface area contributed by atoms with Gasteiger partial charge in [-0.1, -0.05) is 25.7 Å². The number of esters is 1. The van der Waals surface area contributed by atoms with Crippen LogP contribution in [-0.4, -0.2) is 58.7 Å². The van der Waals surface area contributed by atoms with Gasteiger partial charge < -0.3 is 18.6 Å². The van der Waals surface area contributed by atoms with Gasteiger partial charge in [0.25, 0.3) is 0 Å². The van der Waals surface area contributed by atoms with Crippen molar-refractivity contribution < 1.29 is 27.5 Å². The molecule has 0 bridgehead atoms. The Morgan fingerprint density at radius 2 is 2.05 bits per heavy atom. The second kappa shape index (κ2) is 10.5. The van der Waals surface area contributed by atoms with Crippen LogP contribution in [0, 0.1) is 11.6 Å². The average Bonchev–Trinajstić information content (AvgIpc) is 3.62. The van der Waals surface area contributed by atoms with Gasteiger partial charge in [-0.05, 0) is 38.4 Å². The van der Waals surface area contributed by atoms with Gasteiger partial charge in [0.2, 0.25) is 0 Å². The van der Waals surface area contributed by atoms with E-state index in [4.69, 9.17) is 9.15 Å². The van der Waals surface area contributed by atoms with Crippen LogP contribution < -0.4 is 0 Å². The second-order valence-electron chi connectivity index (χ2n) is 9.70. The number of likely N-dealkylation sites (N-methyl/N-ethyl adjacent to an activating group) is 1. The summed E-state index contributed by atoms with van der Waals surface area (Å²) in [5, 5.41) is 7.96. The number of nitrogens with zero attached hydrogens (tertiary/aromatic N) is 3. The van der Waals surface area contributed by atoms with Crippen molar-refractivity contribution in [3.05, 3.63) is 83.4 Å². The molecule has 0 atom stereocenters. The maximum absolute atomic E-state index is 15.3. The lowest BCUT2D eigenvalue weighted by atomic mass is 9.93. The van der Waals surface area contributed by atoms with Crippen LogP contribution in [0.1, 0.15) is 35.5 Å². The number of rotatable bonds is 7. The molecule has 3 aromatic heterocycles. The normalized spacial score (nSPS) is 13.4. The highest BCUT2D eigenvalue weighted by Gasteiger charge is 2.32. The van der Waals surface area contributed by atoms with Crippen molar-refractivity contribution >= 4 is 50.1 Å². The molecule has 3 heterocycles. The maximum Gasteiger partial charge on any atom is 0.355 e. The van der Waals surface area contributed by atoms with Gasteiger partial charge >= 0.3 is 5.97 Å². The second-order valence-corrected chi connectivity index (χ2v) is 9.70. The monoisotopic (exact) mass is 546 g/mol. The van der Waals surface area contributed by atoms with E-state index >= 15 is 8.78 Å². The lowest BCUT2D eigenvalue weighted by Crippen LogP contribution is -2.22. The highest BCUT2D eigenvalue weighted by molar-refractivity contribution is 6.29. The predicted octanol–water partition coefficient (Wildman–Crippen LogP) is 5.86. The molecule has 2 aromatic carbocycles. The maximum atomic E-state index is 15.3. The van der Waals surface area contributed by atoms with Crippen LogP contribution in [0.5, 0.6) is 0 Å². The first kappa shape index (κ1) is 27.0. The van der Waals surface area contributed by atoms with E-state index < -0.39 is 17.6 Å². The van der Waals surface area contributed by atoms with Crippen molar-refractivity contribution in [2.45, 2.75) is 20.4 Å². The van der Waals surface area contributed by atoms with Gasteiger partial charge in [-0.25, -0.2) is 13.6 Å². The molecule has 0 aliphatic heterocycles. The van der Waals surface area contributed by atoms with E-state index in [0.29, 0.717) is 22.8 Å². The quantitative estimate of drug-likeness (QED) is 0.257. The number of allylic oxidation sites excluding steroid dienone is 4. The minimum atomic E-state index is -0.712. The van der Waals surface area contributed by atoms with Crippen LogP contribution in [0.3, 0.4) is 0 Å². The molecule has 0 amide bonds. The molecule has 40 heavy (non-hydrogen) atoms. The molecule has 0 fully saturated rings. The Labute approximate surface area is 228 Å². The molecule has 0 saturated carbocycles. The van der Waals surface area contributed by atoms with Crippen LogP contribution in [0.15, 0.2) is 59.4 Å². The van der Waals surface area contributed by atoms with Crippen LogP contribution in [0.25, 0.3) is 38.3 Å². The number of aromatic amines is 1. The molecule has 1 aliphatic rings. The SMILES string of the molecule is C.CN(C)CCOC(=O)c1c(C2=CC=CCC2=O)c2c3occc3c(F)cc2n1Cc1cc2cn[nH]c2cc1F. The first-order valence-corrected chi connectivity index (χ1v) is 12.4. The molecule has 5 aromatic rings. The zero-order valence-corrected chi connectivity index (χ0v) is 21.3. The Morgan fingerprint density at radius 3 is 2.83 bits per heavy atom. The lowest BCUT2D eigenvalue weighted by Gasteiger charge is -2.15. The molecule has 10 heteroatoms. The molecule has 0 unspecified atom stereocenters. The van der Waals surface area contributed by atoms with Crippen molar-refractivity contribution in [2.24, 2.45) is 0 Å². The highest BCUT2D eigenvalue weighted by Crippen LogP contribution is 2.40. The average molecular weight is 547 g/mol. The third-order valence-electron chi connectivity index (χ3n) is 6.89. The molecular weight excluding hydrogens is 518 g/mol. The third-order valence-corrected chi connectivity index (χ3v) is 6.89. The van der Waals surface area contributed by atoms with Gasteiger partial charge in [-0.3, -0.25) is 9.89 Å². The van der Waals surface area contributed by atoms with E-state index in [1.807, 2.05) is 19.0 Å². The predicted molar refractivity (Wildman–Crippen MR) is 149 cm³/mol. The zero-order valence-electron chi connectivity index (χ0n) is 21.3. The number of ether oxygens (including phenoxy) is 1. The summed E-state index contributed by atoms with van der Waals surface area (Å²) in [7, 11) is 3.69. The number of ketones is 1. The summed E-state index contributed by atoms with van der Waals surface area (Å²) in [4.78, 5) is 28.7. The highest BCUT2D eigenvalue weighted by atomic mass is 19.1. The van der Waals surface area contributed by atoms with E-state index in [9.17, 15) is 9.59 Å². The molecule has 0 radical (unpaired) electrons. The van der Waals surface area contributed by atoms with Crippen molar-refractivity contribution in [2.75, 3.05) is 27.2 Å². The van der Waals surface area contributed by atoms with E-state index in [0.717, 1.165) is 0 Å². The Bertz CT molecular complexity index is 1840. The van der Waals surface area contributed by atoms with Gasteiger partial charge in [0, 0.05) is 35.1 Å². The van der Waals surface area contributed by atoms with Crippen molar-refractivity contribution in [1.29, 1.82) is 0 Å². The first-order chi connectivity index (χ1) is 18.8. The Kier molecular flexibility index (Phi) is 7.12. The Balaban J connectivity index is 0.00000323. The van der Waals surface area contributed by atoms with Crippen molar-refractivity contribution in [3.8, 4) is 0 Å². The number of halogens is 2. The molecule has 8 nitrogen and oxygen atoms in total. The minimum absolute atomic E-state index is 0. The Morgan fingerprint density at radius 1 is 1.23 bits per heavy atom. The number of H-pyrrole nitrogens is 1. The number of carbonyl (C=O) groups is 2. The van der Waals surface area contributed by atoms with Gasteiger partial charge in [0.15, 0.2) is 5.78 Å². The number of aromatic nitrogens is 3. The summed E-state index contributed by atoms with van der Waals surface area (Å²) in [6, 6.07) is 5.72. The third kappa shape index (κ3) is 4.50. The van der Waals surface area contributed by atoms with E-state index in [-0.39, 0.29) is 71.7 Å². The number of Topliss-reactive ketones (excluding diaryl/α,β-unsaturated/α-hetero) is 1. The van der Waals surface area contributed by atoms with E-state index in [2.05, 4.69) is 10.2 Å². The fourth-order valence-corrected chi connectivity index (χ4v) is 5.00. The fourth-order valence-electron chi connectivity index (χ4n) is 5.00. The van der Waals surface area contributed by atoms with Crippen LogP contribution in [0.2, 0.25) is 0 Å². The molecule has 6 rings (SSSR count). The first-order valence-electron chi connectivity index (χ1n) is 12.4. The molecule has 0 spiro atoms. The van der Waals surface area contributed by atoms with Gasteiger partial charge in [0.05, 0.1) is 40.8 Å². The van der Waals surface area contributed by atoms with Gasteiger partial charge in [0.1, 0.15) is 29.5 Å². The molecule has 0 saturated heterocycles. The lowest BCUT2D eigenvalue weighted by molar-refractivity contribution is -0.113. The Hall–Kier alpha value is -4.57. The standard InChI is InChI=1S/C29H24F2N4O4.CH4/c1-34(2)8-10-39-29(37)27-25(19-5-3-4-6-24(19)36)26-23(13-21(31)18-7-9-38-28(18)26)35(27)15-17-11-16-14-32-33-22(16)12-20(17)30;/h3-5,7,9,11-14H,6,8,10,15H2,1-2H3,(H,32,33);1H4. The number of nitrogens with one attached hydrogen (secondary N) is 1. The number of hydrogen-bond donors (Lipinski definition) is 1. The van der Waals surface area contributed by atoms with Gasteiger partial charge in [-0.2, -0.15) is 5.10 Å². The molecule has 1 N–H and O–H groups in total. The van der Waals surface area contributed by atoms with Crippen LogP contribution in [0.4, 0.5) is 8.78 Å². The summed E-state index contributed by atoms with van der Waals surface area (Å²) >= 11 is 0. The fraction of sp³-hybridized carbons (Fsp3) is 0.233. The van der Waals surface area contributed by atoms with Crippen molar-refractivity contribution in [3.63, 3.8) is 0 Å². The van der Waals surface area contributed by atoms with E-state index in [1.165, 1.54) is 29.0 Å². The topological polar surface area (TPSA) is 93.4 Å².